The molecule has 0 heterocycles. The lowest BCUT2D eigenvalue weighted by Crippen LogP contribution is -2.58. The molecular formula is C24H36O4. The Morgan fingerprint density at radius 3 is 2.57 bits per heavy atom. The molecule has 0 aromatic heterocycles. The van der Waals surface area contributed by atoms with Crippen LogP contribution in [0.15, 0.2) is 23.8 Å². The second-order valence-corrected chi connectivity index (χ2v) is 10.4. The summed E-state index contributed by atoms with van der Waals surface area (Å²) in [6, 6.07) is 0. The SMILES string of the molecule is C=CC[C@@H]1C(=O)[C@@H]2C[C@@H](O)[C@@H](O)C[C@]2(C)[C@H]2CC[C@@]3(C)C(=C12)CC[C@@H]3[C@@H](C)O. The van der Waals surface area contributed by atoms with E-state index in [4.69, 9.17) is 0 Å². The molecule has 4 nitrogen and oxygen atoms in total. The van der Waals surface area contributed by atoms with Crippen LogP contribution in [0, 0.1) is 34.5 Å². The van der Waals surface area contributed by atoms with E-state index in [1.54, 1.807) is 0 Å². The molecule has 0 unspecified atom stereocenters. The van der Waals surface area contributed by atoms with Crippen molar-refractivity contribution in [1.82, 2.24) is 0 Å². The van der Waals surface area contributed by atoms with Crippen LogP contribution in [-0.4, -0.2) is 39.4 Å². The molecule has 4 aliphatic carbocycles. The summed E-state index contributed by atoms with van der Waals surface area (Å²) in [5.41, 5.74) is 2.40. The van der Waals surface area contributed by atoms with Gasteiger partial charge in [-0.05, 0) is 74.5 Å². The van der Waals surface area contributed by atoms with Gasteiger partial charge in [-0.2, -0.15) is 0 Å². The minimum absolute atomic E-state index is 0.0321. The second kappa shape index (κ2) is 6.78. The number of hydrogen-bond donors (Lipinski definition) is 3. The predicted octanol–water partition coefficient (Wildman–Crippen LogP) is 3.40. The first kappa shape index (κ1) is 20.3. The predicted molar refractivity (Wildman–Crippen MR) is 108 cm³/mol. The quantitative estimate of drug-likeness (QED) is 0.648. The van der Waals surface area contributed by atoms with Crippen LogP contribution in [0.2, 0.25) is 0 Å². The average molecular weight is 389 g/mol. The van der Waals surface area contributed by atoms with Crippen molar-refractivity contribution >= 4 is 5.78 Å². The van der Waals surface area contributed by atoms with Crippen LogP contribution >= 0.6 is 0 Å². The van der Waals surface area contributed by atoms with E-state index in [-0.39, 0.29) is 46.4 Å². The Hall–Kier alpha value is -0.970. The fraction of sp³-hybridized carbons (Fsp3) is 0.792. The van der Waals surface area contributed by atoms with Crippen molar-refractivity contribution < 1.29 is 20.1 Å². The minimum Gasteiger partial charge on any atom is -0.393 e. The first-order valence-corrected chi connectivity index (χ1v) is 11.1. The molecule has 0 radical (unpaired) electrons. The van der Waals surface area contributed by atoms with E-state index in [9.17, 15) is 20.1 Å². The van der Waals surface area contributed by atoms with Gasteiger partial charge >= 0.3 is 0 Å². The van der Waals surface area contributed by atoms with Gasteiger partial charge in [-0.1, -0.05) is 31.1 Å². The zero-order valence-corrected chi connectivity index (χ0v) is 17.5. The summed E-state index contributed by atoms with van der Waals surface area (Å²) < 4.78 is 0. The van der Waals surface area contributed by atoms with Gasteiger partial charge in [0.2, 0.25) is 0 Å². The molecule has 0 amide bonds. The number of hydrogen-bond acceptors (Lipinski definition) is 4. The zero-order chi connectivity index (χ0) is 20.4. The molecule has 4 rings (SSSR count). The normalized spacial score (nSPS) is 49.3. The molecule has 0 aliphatic heterocycles. The maximum atomic E-state index is 13.6. The van der Waals surface area contributed by atoms with E-state index < -0.39 is 12.2 Å². The van der Waals surface area contributed by atoms with Gasteiger partial charge in [-0.25, -0.2) is 0 Å². The highest BCUT2D eigenvalue weighted by Gasteiger charge is 2.61. The van der Waals surface area contributed by atoms with Gasteiger partial charge in [0.1, 0.15) is 5.78 Å². The molecule has 28 heavy (non-hydrogen) atoms. The van der Waals surface area contributed by atoms with Crippen LogP contribution in [0.4, 0.5) is 0 Å². The molecule has 3 saturated carbocycles. The molecule has 4 heteroatoms. The second-order valence-electron chi connectivity index (χ2n) is 10.4. The third-order valence-corrected chi connectivity index (χ3v) is 9.10. The maximum absolute atomic E-state index is 13.6. The van der Waals surface area contributed by atoms with Gasteiger partial charge in [0, 0.05) is 11.8 Å². The standard InChI is InChI=1S/C24H36O4/c1-5-6-14-21-16-8-7-15(13(2)25)23(16,3)10-9-17(21)24(4)12-20(27)19(26)11-18(24)22(14)28/h5,13-15,17-20,25-27H,1,6-12H2,2-4H3/t13-,14+,15-,17+,18+,19-,20+,23-,24-/m1/s1. The van der Waals surface area contributed by atoms with Crippen molar-refractivity contribution in [3.05, 3.63) is 23.8 Å². The average Bonchev–Trinajstić information content (AvgIpc) is 2.98. The van der Waals surface area contributed by atoms with Crippen molar-refractivity contribution in [2.24, 2.45) is 34.5 Å². The summed E-state index contributed by atoms with van der Waals surface area (Å²) >= 11 is 0. The number of rotatable bonds is 3. The maximum Gasteiger partial charge on any atom is 0.144 e. The van der Waals surface area contributed by atoms with E-state index in [2.05, 4.69) is 20.4 Å². The Morgan fingerprint density at radius 2 is 1.93 bits per heavy atom. The van der Waals surface area contributed by atoms with Gasteiger partial charge in [-0.3, -0.25) is 4.79 Å². The van der Waals surface area contributed by atoms with Crippen molar-refractivity contribution in [3.63, 3.8) is 0 Å². The summed E-state index contributed by atoms with van der Waals surface area (Å²) in [4.78, 5) is 13.6. The summed E-state index contributed by atoms with van der Waals surface area (Å²) in [5.74, 6) is 0.420. The van der Waals surface area contributed by atoms with Crippen LogP contribution in [0.1, 0.15) is 65.7 Å². The van der Waals surface area contributed by atoms with E-state index in [0.29, 0.717) is 19.3 Å². The van der Waals surface area contributed by atoms with Crippen molar-refractivity contribution in [2.45, 2.75) is 84.0 Å². The zero-order valence-electron chi connectivity index (χ0n) is 17.5. The summed E-state index contributed by atoms with van der Waals surface area (Å²) in [6.45, 7) is 10.3. The molecule has 9 atom stereocenters. The number of carbonyl (C=O) groups is 1. The highest BCUT2D eigenvalue weighted by atomic mass is 16.3. The smallest absolute Gasteiger partial charge is 0.144 e. The Balaban J connectivity index is 1.86. The monoisotopic (exact) mass is 388 g/mol. The molecule has 0 aromatic rings. The molecule has 4 aliphatic rings. The Kier molecular flexibility index (Phi) is 4.92. The van der Waals surface area contributed by atoms with Crippen LogP contribution in [0.25, 0.3) is 0 Å². The molecule has 0 spiro atoms. The van der Waals surface area contributed by atoms with Crippen LogP contribution < -0.4 is 0 Å². The molecule has 0 aromatic carbocycles. The van der Waals surface area contributed by atoms with Crippen LogP contribution in [-0.2, 0) is 4.79 Å². The third-order valence-electron chi connectivity index (χ3n) is 9.10. The largest absolute Gasteiger partial charge is 0.393 e. The first-order valence-electron chi connectivity index (χ1n) is 11.1. The lowest BCUT2D eigenvalue weighted by Gasteiger charge is -2.58. The number of aliphatic hydroxyl groups excluding tert-OH is 3. The van der Waals surface area contributed by atoms with E-state index in [1.165, 1.54) is 11.1 Å². The van der Waals surface area contributed by atoms with Crippen molar-refractivity contribution in [2.75, 3.05) is 0 Å². The van der Waals surface area contributed by atoms with E-state index >= 15 is 0 Å². The number of aliphatic hydroxyl groups is 3. The van der Waals surface area contributed by atoms with Gasteiger partial charge in [-0.15, -0.1) is 6.58 Å². The lowest BCUT2D eigenvalue weighted by atomic mass is 9.46. The molecule has 0 bridgehead atoms. The number of fused-ring (bicyclic) bond motifs is 4. The number of ketones is 1. The molecule has 3 fully saturated rings. The van der Waals surface area contributed by atoms with Crippen LogP contribution in [0.3, 0.4) is 0 Å². The number of carbonyl (C=O) groups excluding carboxylic acids is 1. The third kappa shape index (κ3) is 2.64. The summed E-state index contributed by atoms with van der Waals surface area (Å²) in [6.07, 6.45) is 5.44. The van der Waals surface area contributed by atoms with Crippen LogP contribution in [0.5, 0.6) is 0 Å². The molecule has 0 saturated heterocycles. The van der Waals surface area contributed by atoms with Gasteiger partial charge < -0.3 is 15.3 Å². The summed E-state index contributed by atoms with van der Waals surface area (Å²) in [5, 5.41) is 31.1. The fourth-order valence-electron chi connectivity index (χ4n) is 7.69. The molecular weight excluding hydrogens is 352 g/mol. The molecule has 3 N–H and O–H groups in total. The Morgan fingerprint density at radius 1 is 1.21 bits per heavy atom. The van der Waals surface area contributed by atoms with Crippen molar-refractivity contribution in [3.8, 4) is 0 Å². The number of Topliss-reactive ketones (excluding diaryl/α,β-unsaturated/α-hetero) is 1. The van der Waals surface area contributed by atoms with Gasteiger partial charge in [0.15, 0.2) is 0 Å². The van der Waals surface area contributed by atoms with Gasteiger partial charge in [0.25, 0.3) is 0 Å². The minimum atomic E-state index is -0.805. The highest BCUT2D eigenvalue weighted by molar-refractivity contribution is 5.89. The fourth-order valence-corrected chi connectivity index (χ4v) is 7.69. The topological polar surface area (TPSA) is 77.8 Å². The highest BCUT2D eigenvalue weighted by Crippen LogP contribution is 2.66. The Labute approximate surface area is 168 Å². The number of allylic oxidation sites excluding steroid dienone is 3. The first-order chi connectivity index (χ1) is 13.1. The molecule has 156 valence electrons. The summed E-state index contributed by atoms with van der Waals surface area (Å²) in [7, 11) is 0. The van der Waals surface area contributed by atoms with E-state index in [0.717, 1.165) is 25.7 Å². The van der Waals surface area contributed by atoms with E-state index in [1.807, 2.05) is 13.0 Å². The van der Waals surface area contributed by atoms with Gasteiger partial charge in [0.05, 0.1) is 18.3 Å². The van der Waals surface area contributed by atoms with Crippen molar-refractivity contribution in [1.29, 1.82) is 0 Å². The lowest BCUT2D eigenvalue weighted by molar-refractivity contribution is -0.153. The Bertz CT molecular complexity index is 709.